The average Bonchev–Trinajstić information content (AvgIpc) is 2.47. The Labute approximate surface area is 122 Å². The van der Waals surface area contributed by atoms with E-state index in [0.29, 0.717) is 0 Å². The zero-order valence-corrected chi connectivity index (χ0v) is 11.7. The number of rotatable bonds is 2. The molecule has 20 heavy (non-hydrogen) atoms. The maximum Gasteiger partial charge on any atom is 0.165 e. The molecule has 1 heterocycles. The number of pyridine rings is 1. The summed E-state index contributed by atoms with van der Waals surface area (Å²) in [6.07, 6.45) is 2.32. The van der Waals surface area contributed by atoms with Crippen LogP contribution in [0.3, 0.4) is 0 Å². The molecule has 0 bridgehead atoms. The third-order valence-electron chi connectivity index (χ3n) is 2.70. The van der Waals surface area contributed by atoms with Crippen molar-refractivity contribution in [2.75, 3.05) is 0 Å². The van der Waals surface area contributed by atoms with Crippen LogP contribution in [-0.2, 0) is 6.42 Å². The number of aromatic nitrogens is 1. The quantitative estimate of drug-likeness (QED) is 0.474. The lowest BCUT2D eigenvalue weighted by Crippen LogP contribution is -1.86. The lowest BCUT2D eigenvalue weighted by molar-refractivity contribution is 0.622. The van der Waals surface area contributed by atoms with Crippen LogP contribution in [0, 0.1) is 17.7 Å². The van der Waals surface area contributed by atoms with Gasteiger partial charge in [-0.3, -0.25) is 0 Å². The fraction of sp³-hybridized carbons (Fsp3) is 0.125. The zero-order valence-electron chi connectivity index (χ0n) is 10.9. The molecule has 0 aliphatic carbocycles. The molecule has 0 N–H and O–H groups in total. The van der Waals surface area contributed by atoms with Crippen molar-refractivity contribution in [1.82, 2.24) is 4.98 Å². The van der Waals surface area contributed by atoms with E-state index in [1.807, 2.05) is 24.3 Å². The van der Waals surface area contributed by atoms with Crippen molar-refractivity contribution >= 4 is 23.2 Å². The Morgan fingerprint density at radius 1 is 1.25 bits per heavy atom. The molecule has 0 spiro atoms. The van der Waals surface area contributed by atoms with E-state index in [2.05, 4.69) is 46.1 Å². The number of benzene rings is 1. The largest absolute Gasteiger partial charge is 0.235 e. The molecule has 0 atom stereocenters. The van der Waals surface area contributed by atoms with Gasteiger partial charge in [-0.2, -0.15) is 4.99 Å². The van der Waals surface area contributed by atoms with Gasteiger partial charge in [0.1, 0.15) is 5.82 Å². The average molecular weight is 282 g/mol. The van der Waals surface area contributed by atoms with Gasteiger partial charge in [0.05, 0.1) is 10.7 Å². The van der Waals surface area contributed by atoms with Gasteiger partial charge < -0.3 is 0 Å². The van der Waals surface area contributed by atoms with Crippen LogP contribution < -0.4 is 0 Å². The van der Waals surface area contributed by atoms with Crippen molar-refractivity contribution in [3.8, 4) is 11.8 Å². The third kappa shape index (κ3) is 3.58. The summed E-state index contributed by atoms with van der Waals surface area (Å²) in [5.41, 5.74) is 2.31. The monoisotopic (exact) mass is 282 g/mol. The van der Waals surface area contributed by atoms with Gasteiger partial charge in [0, 0.05) is 17.8 Å². The van der Waals surface area contributed by atoms with E-state index in [4.69, 9.17) is 0 Å². The molecular weight excluding hydrogens is 271 g/mol. The lowest BCUT2D eigenvalue weighted by atomic mass is 10.1. The molecule has 1 aromatic heterocycles. The van der Waals surface area contributed by atoms with Crippen molar-refractivity contribution in [3.63, 3.8) is 0 Å². The summed E-state index contributed by atoms with van der Waals surface area (Å²) in [5, 5.41) is 2.14. The Morgan fingerprint density at radius 2 is 2.00 bits per heavy atom. The predicted molar refractivity (Wildman–Crippen MR) is 80.7 cm³/mol. The molecular formula is C16H11FN2S. The smallest absolute Gasteiger partial charge is 0.165 e. The molecule has 0 aliphatic rings. The van der Waals surface area contributed by atoms with E-state index >= 15 is 0 Å². The summed E-state index contributed by atoms with van der Waals surface area (Å²) in [6, 6.07) is 9.04. The van der Waals surface area contributed by atoms with Gasteiger partial charge in [0.25, 0.3) is 0 Å². The van der Waals surface area contributed by atoms with Gasteiger partial charge in [-0.15, -0.1) is 0 Å². The first-order chi connectivity index (χ1) is 9.72. The first kappa shape index (κ1) is 14.1. The highest BCUT2D eigenvalue weighted by atomic mass is 32.1. The fourth-order valence-electron chi connectivity index (χ4n) is 1.58. The molecule has 0 unspecified atom stereocenters. The number of hydrogen-bond donors (Lipinski definition) is 0. The molecule has 2 aromatic rings. The van der Waals surface area contributed by atoms with Crippen molar-refractivity contribution in [1.29, 1.82) is 0 Å². The molecule has 0 saturated heterocycles. The molecule has 4 heteroatoms. The minimum Gasteiger partial charge on any atom is -0.235 e. The summed E-state index contributed by atoms with van der Waals surface area (Å²) >= 11 is 4.44. The second-order valence-corrected chi connectivity index (χ2v) is 4.21. The van der Waals surface area contributed by atoms with Crippen LogP contribution in [0.1, 0.15) is 23.6 Å². The molecule has 0 saturated carbocycles. The molecule has 98 valence electrons. The van der Waals surface area contributed by atoms with E-state index < -0.39 is 5.82 Å². The molecule has 2 rings (SSSR count). The minimum absolute atomic E-state index is 0.190. The van der Waals surface area contributed by atoms with E-state index in [1.165, 1.54) is 17.8 Å². The Bertz CT molecular complexity index is 720. The van der Waals surface area contributed by atoms with Crippen LogP contribution in [0.5, 0.6) is 0 Å². The highest BCUT2D eigenvalue weighted by Gasteiger charge is 2.01. The number of nitrogens with zero attached hydrogens (tertiary/aromatic N) is 2. The van der Waals surface area contributed by atoms with Crippen molar-refractivity contribution in [2.24, 2.45) is 4.99 Å². The van der Waals surface area contributed by atoms with Crippen molar-refractivity contribution in [2.45, 2.75) is 13.3 Å². The maximum absolute atomic E-state index is 13.7. The number of hydrogen-bond acceptors (Lipinski definition) is 3. The third-order valence-corrected chi connectivity index (χ3v) is 2.79. The predicted octanol–water partition coefficient (Wildman–Crippen LogP) is 3.92. The number of aryl methyl sites for hydroxylation is 1. The van der Waals surface area contributed by atoms with E-state index in [9.17, 15) is 4.39 Å². The molecule has 2 nitrogen and oxygen atoms in total. The first-order valence-electron chi connectivity index (χ1n) is 6.07. The summed E-state index contributed by atoms with van der Waals surface area (Å²) < 4.78 is 13.7. The van der Waals surface area contributed by atoms with Gasteiger partial charge in [0.2, 0.25) is 0 Å². The molecule has 0 radical (unpaired) electrons. The summed E-state index contributed by atoms with van der Waals surface area (Å²) in [4.78, 5) is 7.54. The highest BCUT2D eigenvalue weighted by Crippen LogP contribution is 2.12. The number of thiocarbonyl (C=S) groups is 1. The summed E-state index contributed by atoms with van der Waals surface area (Å²) in [5.74, 6) is 5.39. The summed E-state index contributed by atoms with van der Waals surface area (Å²) in [6.45, 7) is 2.09. The Kier molecular flexibility index (Phi) is 4.73. The van der Waals surface area contributed by atoms with Gasteiger partial charge >= 0.3 is 0 Å². The van der Waals surface area contributed by atoms with Crippen LogP contribution in [0.25, 0.3) is 0 Å². The molecule has 0 aliphatic heterocycles. The van der Waals surface area contributed by atoms with Gasteiger partial charge in [-0.05, 0) is 36.3 Å². The standard InChI is InChI=1S/C16H11FN2S/c1-2-12-3-5-13(6-4-12)7-8-14-10-18-16(19-11-20)9-15(14)17/h3-6,9-10H,2H2,1H3. The second-order valence-electron chi connectivity index (χ2n) is 4.03. The molecule has 0 fully saturated rings. The van der Waals surface area contributed by atoms with Gasteiger partial charge in [0.15, 0.2) is 5.82 Å². The van der Waals surface area contributed by atoms with Crippen molar-refractivity contribution < 1.29 is 4.39 Å². The number of halogens is 1. The summed E-state index contributed by atoms with van der Waals surface area (Å²) in [7, 11) is 0. The zero-order chi connectivity index (χ0) is 14.4. The highest BCUT2D eigenvalue weighted by molar-refractivity contribution is 7.78. The topological polar surface area (TPSA) is 25.2 Å². The molecule has 1 aromatic carbocycles. The Balaban J connectivity index is 2.25. The number of aliphatic imine (C=N–C) groups is 1. The van der Waals surface area contributed by atoms with Crippen molar-refractivity contribution in [3.05, 3.63) is 59.0 Å². The van der Waals surface area contributed by atoms with E-state index in [-0.39, 0.29) is 11.4 Å². The number of isothiocyanates is 1. The Hall–Kier alpha value is -2.34. The lowest BCUT2D eigenvalue weighted by Gasteiger charge is -1.96. The van der Waals surface area contributed by atoms with E-state index in [1.54, 1.807) is 0 Å². The van der Waals surface area contributed by atoms with E-state index in [0.717, 1.165) is 12.0 Å². The van der Waals surface area contributed by atoms with Gasteiger partial charge in [-0.1, -0.05) is 30.9 Å². The normalized spacial score (nSPS) is 9.30. The SMILES string of the molecule is CCc1ccc(C#Cc2cnc(N=C=S)cc2F)cc1. The van der Waals surface area contributed by atoms with Crippen LogP contribution in [-0.4, -0.2) is 10.1 Å². The Morgan fingerprint density at radius 3 is 2.60 bits per heavy atom. The van der Waals surface area contributed by atoms with Crippen LogP contribution in [0.4, 0.5) is 10.2 Å². The van der Waals surface area contributed by atoms with Crippen LogP contribution >= 0.6 is 12.2 Å². The molecule has 0 amide bonds. The van der Waals surface area contributed by atoms with Crippen LogP contribution in [0.2, 0.25) is 0 Å². The fourth-order valence-corrected chi connectivity index (χ4v) is 1.68. The van der Waals surface area contributed by atoms with Gasteiger partial charge in [-0.25, -0.2) is 9.37 Å². The maximum atomic E-state index is 13.7. The second kappa shape index (κ2) is 6.72. The minimum atomic E-state index is -0.471. The first-order valence-corrected chi connectivity index (χ1v) is 6.48. The van der Waals surface area contributed by atoms with Crippen LogP contribution in [0.15, 0.2) is 41.5 Å².